The van der Waals surface area contributed by atoms with Gasteiger partial charge in [0.25, 0.3) is 11.9 Å². The van der Waals surface area contributed by atoms with Crippen LogP contribution in [-0.4, -0.2) is 16.9 Å². The third-order valence-corrected chi connectivity index (χ3v) is 5.34. The van der Waals surface area contributed by atoms with Gasteiger partial charge in [-0.25, -0.2) is 14.4 Å². The Kier molecular flexibility index (Phi) is 4.55. The lowest BCUT2D eigenvalue weighted by Crippen LogP contribution is -2.39. The summed E-state index contributed by atoms with van der Waals surface area (Å²) in [7, 11) is 0. The molecule has 2 aromatic rings. The maximum absolute atomic E-state index is 14.8. The molecule has 2 heterocycles. The molecule has 2 aliphatic rings. The van der Waals surface area contributed by atoms with Crippen LogP contribution in [0.25, 0.3) is 0 Å². The number of nitrogens with zero attached hydrogens (tertiary/aromatic N) is 2. The van der Waals surface area contributed by atoms with E-state index in [2.05, 4.69) is 15.3 Å². The number of hydrogen-bond donors (Lipinski definition) is 2. The number of amidine groups is 1. The highest BCUT2D eigenvalue weighted by Gasteiger charge is 2.46. The smallest absolute Gasteiger partial charge is 0.288 e. The topological polar surface area (TPSA) is 89.6 Å². The van der Waals surface area contributed by atoms with Gasteiger partial charge < -0.3 is 15.8 Å². The average molecular weight is 401 g/mol. The number of ether oxygens (including phenoxy) is 1. The van der Waals surface area contributed by atoms with Crippen molar-refractivity contribution < 1.29 is 13.9 Å². The van der Waals surface area contributed by atoms with Gasteiger partial charge in [-0.3, -0.25) is 4.79 Å². The zero-order valence-electron chi connectivity index (χ0n) is 15.1. The number of aliphatic imine (C=N–C) groups is 1. The zero-order chi connectivity index (χ0) is 19.9. The monoisotopic (exact) mass is 400 g/mol. The number of amides is 1. The number of carbonyl (C=O) groups is 1. The minimum Gasteiger partial charge on any atom is -0.431 e. The number of halogens is 2. The molecule has 0 radical (unpaired) electrons. The molecular weight excluding hydrogens is 383 g/mol. The SMILES string of the molecule is C[C@]1(c2cc(NC(=O)c3ccc(Cl)cn3)ccc2F)N=C(N)OC2=CCCC21. The molecule has 1 aliphatic heterocycles. The number of carbonyl (C=O) groups excluding carboxylic acids is 1. The molecule has 4 rings (SSSR count). The quantitative estimate of drug-likeness (QED) is 0.815. The Bertz CT molecular complexity index is 1010. The number of allylic oxidation sites excluding steroid dienone is 1. The summed E-state index contributed by atoms with van der Waals surface area (Å²) >= 11 is 5.80. The Morgan fingerprint density at radius 1 is 1.39 bits per heavy atom. The highest BCUT2D eigenvalue weighted by Crippen LogP contribution is 2.47. The number of nitrogens with one attached hydrogen (secondary N) is 1. The molecular formula is C20H18ClFN4O2. The van der Waals surface area contributed by atoms with Gasteiger partial charge in [-0.2, -0.15) is 0 Å². The third kappa shape index (κ3) is 3.22. The minimum absolute atomic E-state index is 0.00565. The van der Waals surface area contributed by atoms with Crippen molar-refractivity contribution in [3.05, 3.63) is 70.5 Å². The van der Waals surface area contributed by atoms with Gasteiger partial charge in [0, 0.05) is 23.4 Å². The molecule has 1 aromatic carbocycles. The number of benzene rings is 1. The Labute approximate surface area is 166 Å². The lowest BCUT2D eigenvalue weighted by molar-refractivity contribution is 0.102. The summed E-state index contributed by atoms with van der Waals surface area (Å²) in [5.41, 5.74) is 5.90. The van der Waals surface area contributed by atoms with Crippen molar-refractivity contribution >= 4 is 29.2 Å². The number of anilines is 1. The summed E-state index contributed by atoms with van der Waals surface area (Å²) in [5, 5.41) is 3.17. The lowest BCUT2D eigenvalue weighted by atomic mass is 9.78. The molecule has 8 heteroatoms. The first-order valence-electron chi connectivity index (χ1n) is 8.83. The van der Waals surface area contributed by atoms with Crippen LogP contribution in [0.15, 0.2) is 53.4 Å². The van der Waals surface area contributed by atoms with Crippen LogP contribution in [0.1, 0.15) is 35.8 Å². The summed E-state index contributed by atoms with van der Waals surface area (Å²) in [5.74, 6) is -0.238. The Balaban J connectivity index is 1.67. The average Bonchev–Trinajstić information content (AvgIpc) is 3.13. The van der Waals surface area contributed by atoms with Crippen molar-refractivity contribution in [3.63, 3.8) is 0 Å². The first-order chi connectivity index (χ1) is 13.4. The first-order valence-corrected chi connectivity index (χ1v) is 9.21. The van der Waals surface area contributed by atoms with E-state index in [1.807, 2.05) is 13.0 Å². The second kappa shape index (κ2) is 6.91. The summed E-state index contributed by atoms with van der Waals surface area (Å²) in [4.78, 5) is 20.8. The molecule has 144 valence electrons. The number of nitrogens with two attached hydrogens (primary N) is 1. The largest absolute Gasteiger partial charge is 0.431 e. The Hall–Kier alpha value is -2.93. The zero-order valence-corrected chi connectivity index (χ0v) is 15.8. The molecule has 1 aromatic heterocycles. The van der Waals surface area contributed by atoms with Crippen molar-refractivity contribution in [2.45, 2.75) is 25.3 Å². The number of pyridine rings is 1. The molecule has 2 atom stereocenters. The van der Waals surface area contributed by atoms with E-state index >= 15 is 0 Å². The van der Waals surface area contributed by atoms with Gasteiger partial charge >= 0.3 is 0 Å². The van der Waals surface area contributed by atoms with E-state index in [9.17, 15) is 9.18 Å². The van der Waals surface area contributed by atoms with Crippen molar-refractivity contribution in [1.82, 2.24) is 4.98 Å². The van der Waals surface area contributed by atoms with Crippen LogP contribution >= 0.6 is 11.6 Å². The van der Waals surface area contributed by atoms with Crippen molar-refractivity contribution in [1.29, 1.82) is 0 Å². The lowest BCUT2D eigenvalue weighted by Gasteiger charge is -2.37. The number of hydrogen-bond acceptors (Lipinski definition) is 5. The molecule has 6 nitrogen and oxygen atoms in total. The maximum Gasteiger partial charge on any atom is 0.288 e. The normalized spacial score (nSPS) is 23.3. The Morgan fingerprint density at radius 2 is 2.21 bits per heavy atom. The number of fused-ring (bicyclic) bond motifs is 1. The van der Waals surface area contributed by atoms with Crippen LogP contribution in [0.3, 0.4) is 0 Å². The van der Waals surface area contributed by atoms with Gasteiger partial charge in [0.2, 0.25) is 0 Å². The minimum atomic E-state index is -0.923. The molecule has 3 N–H and O–H groups in total. The van der Waals surface area contributed by atoms with E-state index in [4.69, 9.17) is 22.1 Å². The van der Waals surface area contributed by atoms with E-state index in [-0.39, 0.29) is 17.6 Å². The first kappa shape index (κ1) is 18.4. The van der Waals surface area contributed by atoms with Crippen LogP contribution in [0, 0.1) is 11.7 Å². The van der Waals surface area contributed by atoms with Crippen LogP contribution in [0.4, 0.5) is 10.1 Å². The van der Waals surface area contributed by atoms with Gasteiger partial charge in [0.05, 0.1) is 5.02 Å². The molecule has 0 spiro atoms. The highest BCUT2D eigenvalue weighted by molar-refractivity contribution is 6.30. The van der Waals surface area contributed by atoms with Gasteiger partial charge in [-0.1, -0.05) is 11.6 Å². The van der Waals surface area contributed by atoms with Crippen LogP contribution in [0.5, 0.6) is 0 Å². The van der Waals surface area contributed by atoms with E-state index in [1.165, 1.54) is 24.4 Å². The fourth-order valence-corrected chi connectivity index (χ4v) is 3.85. The molecule has 1 amide bonds. The highest BCUT2D eigenvalue weighted by atomic mass is 35.5. The molecule has 1 aliphatic carbocycles. The molecule has 0 fully saturated rings. The van der Waals surface area contributed by atoms with Gasteiger partial charge in [0.15, 0.2) is 0 Å². The molecule has 28 heavy (non-hydrogen) atoms. The summed E-state index contributed by atoms with van der Waals surface area (Å²) in [6, 6.07) is 7.49. The molecule has 0 saturated heterocycles. The van der Waals surface area contributed by atoms with Crippen LogP contribution < -0.4 is 11.1 Å². The summed E-state index contributed by atoms with van der Waals surface area (Å²) < 4.78 is 20.3. The van der Waals surface area contributed by atoms with Gasteiger partial charge in [0.1, 0.15) is 22.8 Å². The van der Waals surface area contributed by atoms with E-state index in [0.717, 1.165) is 12.8 Å². The fourth-order valence-electron chi connectivity index (χ4n) is 3.74. The van der Waals surface area contributed by atoms with Gasteiger partial charge in [-0.05, 0) is 56.2 Å². The van der Waals surface area contributed by atoms with Gasteiger partial charge in [-0.15, -0.1) is 0 Å². The second-order valence-corrected chi connectivity index (χ2v) is 7.38. The predicted molar refractivity (Wildman–Crippen MR) is 104 cm³/mol. The molecule has 1 unspecified atom stereocenters. The standard InChI is InChI=1S/C20H18ClFN4O2/c1-20(13-3-2-4-17(13)28-19(23)26-20)14-9-12(6-7-15(14)22)25-18(27)16-8-5-11(21)10-24-16/h4-10,13H,2-3H2,1H3,(H2,23,26)(H,25,27)/t13?,20-/m0/s1. The number of rotatable bonds is 3. The summed E-state index contributed by atoms with van der Waals surface area (Å²) in [6.45, 7) is 1.83. The number of aromatic nitrogens is 1. The third-order valence-electron chi connectivity index (χ3n) is 5.12. The maximum atomic E-state index is 14.8. The van der Waals surface area contributed by atoms with E-state index in [1.54, 1.807) is 12.1 Å². The fraction of sp³-hybridized carbons (Fsp3) is 0.250. The van der Waals surface area contributed by atoms with Crippen molar-refractivity contribution in [2.24, 2.45) is 16.6 Å². The predicted octanol–water partition coefficient (Wildman–Crippen LogP) is 3.98. The van der Waals surface area contributed by atoms with Crippen molar-refractivity contribution in [2.75, 3.05) is 5.32 Å². The van der Waals surface area contributed by atoms with Crippen LogP contribution in [-0.2, 0) is 10.3 Å². The second-order valence-electron chi connectivity index (χ2n) is 6.95. The molecule has 0 saturated carbocycles. The van der Waals surface area contributed by atoms with Crippen molar-refractivity contribution in [3.8, 4) is 0 Å². The van der Waals surface area contributed by atoms with Crippen LogP contribution in [0.2, 0.25) is 5.02 Å². The van der Waals surface area contributed by atoms with E-state index < -0.39 is 17.3 Å². The Morgan fingerprint density at radius 3 is 2.96 bits per heavy atom. The molecule has 0 bridgehead atoms. The van der Waals surface area contributed by atoms with E-state index in [0.29, 0.717) is 22.0 Å². The summed E-state index contributed by atoms with van der Waals surface area (Å²) in [6.07, 6.45) is 4.95.